The second-order valence-corrected chi connectivity index (χ2v) is 4.60. The minimum absolute atomic E-state index is 0.0151. The highest BCUT2D eigenvalue weighted by Crippen LogP contribution is 2.27. The number of rotatable bonds is 5. The van der Waals surface area contributed by atoms with E-state index in [1.54, 1.807) is 19.1 Å². The van der Waals surface area contributed by atoms with Crippen LogP contribution in [-0.4, -0.2) is 11.6 Å². The molecule has 0 saturated heterocycles. The Morgan fingerprint density at radius 2 is 1.83 bits per heavy atom. The summed E-state index contributed by atoms with van der Waals surface area (Å²) in [6, 6.07) is 9.10. The van der Waals surface area contributed by atoms with E-state index in [9.17, 15) is 9.59 Å². The minimum Gasteiger partial charge on any atom is -0.300 e. The first-order valence-electron chi connectivity index (χ1n) is 6.03. The summed E-state index contributed by atoms with van der Waals surface area (Å²) in [5.41, 5.74) is -0.131. The van der Waals surface area contributed by atoms with Crippen LogP contribution < -0.4 is 0 Å². The maximum atomic E-state index is 12.5. The fourth-order valence-corrected chi connectivity index (χ4v) is 1.84. The molecule has 0 spiro atoms. The van der Waals surface area contributed by atoms with E-state index in [2.05, 4.69) is 11.8 Å². The molecule has 1 aromatic rings. The smallest absolute Gasteiger partial charge is 0.180 e. The van der Waals surface area contributed by atoms with Crippen molar-refractivity contribution in [3.63, 3.8) is 0 Å². The van der Waals surface area contributed by atoms with E-state index in [0.717, 1.165) is 0 Å². The van der Waals surface area contributed by atoms with E-state index in [-0.39, 0.29) is 11.6 Å². The van der Waals surface area contributed by atoms with Gasteiger partial charge < -0.3 is 4.79 Å². The molecule has 1 aromatic carbocycles. The van der Waals surface area contributed by atoms with Gasteiger partial charge in [-0.15, -0.1) is 5.92 Å². The second kappa shape index (κ2) is 6.16. The zero-order chi connectivity index (χ0) is 13.6. The molecule has 2 heteroatoms. The van der Waals surface area contributed by atoms with Crippen LogP contribution in [0.25, 0.3) is 0 Å². The van der Waals surface area contributed by atoms with Gasteiger partial charge in [-0.05, 0) is 27.2 Å². The van der Waals surface area contributed by atoms with Gasteiger partial charge in [0, 0.05) is 12.0 Å². The molecule has 0 saturated carbocycles. The summed E-state index contributed by atoms with van der Waals surface area (Å²) in [6.45, 7) is 5.05. The summed E-state index contributed by atoms with van der Waals surface area (Å²) in [5, 5.41) is 0. The quantitative estimate of drug-likeness (QED) is 0.586. The summed E-state index contributed by atoms with van der Waals surface area (Å²) >= 11 is 0. The molecule has 0 aliphatic carbocycles. The highest BCUT2D eigenvalue weighted by molar-refractivity contribution is 6.02. The van der Waals surface area contributed by atoms with Crippen LogP contribution in [0.4, 0.5) is 0 Å². The van der Waals surface area contributed by atoms with E-state index >= 15 is 0 Å². The monoisotopic (exact) mass is 242 g/mol. The molecule has 0 bridgehead atoms. The molecular formula is C16H18O2. The molecule has 2 nitrogen and oxygen atoms in total. The van der Waals surface area contributed by atoms with Gasteiger partial charge in [0.2, 0.25) is 0 Å². The van der Waals surface area contributed by atoms with Gasteiger partial charge in [0.1, 0.15) is 5.78 Å². The number of benzene rings is 1. The molecule has 1 atom stereocenters. The molecule has 0 heterocycles. The highest BCUT2D eigenvalue weighted by atomic mass is 16.1. The minimum atomic E-state index is -0.776. The van der Waals surface area contributed by atoms with Crippen molar-refractivity contribution in [3.8, 4) is 11.8 Å². The van der Waals surface area contributed by atoms with E-state index in [0.29, 0.717) is 18.4 Å². The van der Waals surface area contributed by atoms with Crippen molar-refractivity contribution in [2.75, 3.05) is 0 Å². The average molecular weight is 242 g/mol. The zero-order valence-electron chi connectivity index (χ0n) is 11.1. The van der Waals surface area contributed by atoms with Gasteiger partial charge in [0.25, 0.3) is 0 Å². The molecule has 0 radical (unpaired) electrons. The molecule has 94 valence electrons. The van der Waals surface area contributed by atoms with Crippen molar-refractivity contribution < 1.29 is 9.59 Å². The van der Waals surface area contributed by atoms with Crippen LogP contribution in [0.5, 0.6) is 0 Å². The summed E-state index contributed by atoms with van der Waals surface area (Å²) in [7, 11) is 0. The Morgan fingerprint density at radius 3 is 2.33 bits per heavy atom. The third-order valence-electron chi connectivity index (χ3n) is 2.92. The number of ketones is 2. The topological polar surface area (TPSA) is 34.1 Å². The number of hydrogen-bond acceptors (Lipinski definition) is 2. The maximum absolute atomic E-state index is 12.5. The van der Waals surface area contributed by atoms with Crippen molar-refractivity contribution in [1.82, 2.24) is 0 Å². The first kappa shape index (κ1) is 14.2. The number of Topliss-reactive ketones (excluding diaryl/α,β-unsaturated/α-hetero) is 2. The van der Waals surface area contributed by atoms with Gasteiger partial charge in [-0.3, -0.25) is 4.79 Å². The number of hydrogen-bond donors (Lipinski definition) is 0. The van der Waals surface area contributed by atoms with Crippen LogP contribution in [-0.2, 0) is 4.79 Å². The molecule has 0 aliphatic heterocycles. The molecule has 0 aliphatic rings. The van der Waals surface area contributed by atoms with Gasteiger partial charge in [0.05, 0.1) is 5.41 Å². The van der Waals surface area contributed by atoms with Gasteiger partial charge in [0.15, 0.2) is 5.78 Å². The standard InChI is InChI=1S/C16H18O2/c1-4-11-16(3,12-10-13(2)17)15(18)14-8-6-5-7-9-14/h5-9H,10,12H2,1-3H3. The molecule has 0 fully saturated rings. The van der Waals surface area contributed by atoms with Crippen molar-refractivity contribution in [1.29, 1.82) is 0 Å². The van der Waals surface area contributed by atoms with Crippen LogP contribution >= 0.6 is 0 Å². The van der Waals surface area contributed by atoms with Crippen LogP contribution in [0.2, 0.25) is 0 Å². The van der Waals surface area contributed by atoms with Crippen molar-refractivity contribution in [2.24, 2.45) is 5.41 Å². The van der Waals surface area contributed by atoms with Crippen molar-refractivity contribution in [2.45, 2.75) is 33.6 Å². The van der Waals surface area contributed by atoms with Crippen LogP contribution in [0, 0.1) is 17.3 Å². The Bertz CT molecular complexity index is 491. The second-order valence-electron chi connectivity index (χ2n) is 4.60. The predicted molar refractivity (Wildman–Crippen MR) is 72.2 cm³/mol. The van der Waals surface area contributed by atoms with Gasteiger partial charge in [-0.1, -0.05) is 36.3 Å². The molecule has 0 aromatic heterocycles. The fourth-order valence-electron chi connectivity index (χ4n) is 1.84. The van der Waals surface area contributed by atoms with E-state index in [4.69, 9.17) is 0 Å². The fraction of sp³-hybridized carbons (Fsp3) is 0.375. The molecular weight excluding hydrogens is 224 g/mol. The van der Waals surface area contributed by atoms with Gasteiger partial charge in [-0.2, -0.15) is 0 Å². The first-order chi connectivity index (χ1) is 8.49. The van der Waals surface area contributed by atoms with E-state index in [1.165, 1.54) is 6.92 Å². The third kappa shape index (κ3) is 3.56. The third-order valence-corrected chi connectivity index (χ3v) is 2.92. The lowest BCUT2D eigenvalue weighted by Gasteiger charge is -2.21. The summed E-state index contributed by atoms with van der Waals surface area (Å²) < 4.78 is 0. The number of carbonyl (C=O) groups excluding carboxylic acids is 2. The zero-order valence-corrected chi connectivity index (χ0v) is 11.1. The lowest BCUT2D eigenvalue weighted by Crippen LogP contribution is -2.27. The Balaban J connectivity index is 3.00. The Kier molecular flexibility index (Phi) is 4.85. The normalized spacial score (nSPS) is 13.1. The Hall–Kier alpha value is -1.88. The molecule has 18 heavy (non-hydrogen) atoms. The summed E-state index contributed by atoms with van der Waals surface area (Å²) in [5.74, 6) is 5.83. The van der Waals surface area contributed by atoms with E-state index in [1.807, 2.05) is 25.1 Å². The lowest BCUT2D eigenvalue weighted by molar-refractivity contribution is -0.117. The van der Waals surface area contributed by atoms with Crippen molar-refractivity contribution in [3.05, 3.63) is 35.9 Å². The Labute approximate surface area is 108 Å². The lowest BCUT2D eigenvalue weighted by atomic mass is 9.78. The van der Waals surface area contributed by atoms with Crippen LogP contribution in [0.1, 0.15) is 44.0 Å². The summed E-state index contributed by atoms with van der Waals surface area (Å²) in [4.78, 5) is 23.5. The summed E-state index contributed by atoms with van der Waals surface area (Å²) in [6.07, 6.45) is 0.848. The SMILES string of the molecule is CC#CC(C)(CCC(C)=O)C(=O)c1ccccc1. The molecule has 1 rings (SSSR count). The average Bonchev–Trinajstić information content (AvgIpc) is 2.37. The molecule has 0 N–H and O–H groups in total. The molecule has 1 unspecified atom stereocenters. The van der Waals surface area contributed by atoms with Gasteiger partial charge in [-0.25, -0.2) is 0 Å². The van der Waals surface area contributed by atoms with Crippen LogP contribution in [0.15, 0.2) is 30.3 Å². The van der Waals surface area contributed by atoms with Gasteiger partial charge >= 0.3 is 0 Å². The van der Waals surface area contributed by atoms with Crippen molar-refractivity contribution >= 4 is 11.6 Å². The van der Waals surface area contributed by atoms with Crippen LogP contribution in [0.3, 0.4) is 0 Å². The largest absolute Gasteiger partial charge is 0.300 e. The van der Waals surface area contributed by atoms with E-state index < -0.39 is 5.41 Å². The number of carbonyl (C=O) groups is 2. The predicted octanol–water partition coefficient (Wildman–Crippen LogP) is 3.27. The Morgan fingerprint density at radius 1 is 1.22 bits per heavy atom. The molecule has 0 amide bonds. The highest BCUT2D eigenvalue weighted by Gasteiger charge is 2.31. The maximum Gasteiger partial charge on any atom is 0.180 e. The first-order valence-corrected chi connectivity index (χ1v) is 6.03.